The van der Waals surface area contributed by atoms with Gasteiger partial charge in [0, 0.05) is 34.0 Å². The first kappa shape index (κ1) is 25.5. The van der Waals surface area contributed by atoms with E-state index in [1.807, 2.05) is 91.0 Å². The molecule has 1 aliphatic carbocycles. The molecule has 2 spiro atoms. The Labute approximate surface area is 253 Å². The fraction of sp³-hybridized carbons (Fsp3) is 0.211. The van der Waals surface area contributed by atoms with E-state index in [4.69, 9.17) is 0 Å². The average molecular weight is 577 g/mol. The molecule has 0 bridgehead atoms. The molecule has 1 amide bonds. The van der Waals surface area contributed by atoms with Gasteiger partial charge in [0.15, 0.2) is 17.3 Å². The van der Waals surface area contributed by atoms with Crippen molar-refractivity contribution in [3.05, 3.63) is 125 Å². The number of ketones is 3. The van der Waals surface area contributed by atoms with Gasteiger partial charge in [-0.15, -0.1) is 0 Å². The van der Waals surface area contributed by atoms with Gasteiger partial charge in [-0.25, -0.2) is 0 Å². The van der Waals surface area contributed by atoms with Crippen molar-refractivity contribution in [3.63, 3.8) is 0 Å². The first-order valence-electron chi connectivity index (χ1n) is 15.2. The van der Waals surface area contributed by atoms with Crippen LogP contribution in [0.5, 0.6) is 0 Å². The van der Waals surface area contributed by atoms with Crippen molar-refractivity contribution in [1.29, 1.82) is 0 Å². The number of hydrogen-bond donors (Lipinski definition) is 1. The molecule has 1 N–H and O–H groups in total. The van der Waals surface area contributed by atoms with E-state index >= 15 is 9.59 Å². The predicted molar refractivity (Wildman–Crippen MR) is 168 cm³/mol. The van der Waals surface area contributed by atoms with Crippen LogP contribution in [0, 0.1) is 5.92 Å². The number of carbonyl (C=O) groups is 4. The van der Waals surface area contributed by atoms with Crippen LogP contribution >= 0.6 is 0 Å². The van der Waals surface area contributed by atoms with E-state index < -0.39 is 16.9 Å². The number of nitrogens with zero attached hydrogens (tertiary/aromatic N) is 1. The van der Waals surface area contributed by atoms with E-state index in [1.165, 1.54) is 6.92 Å². The molecule has 4 aliphatic rings. The number of Topliss-reactive ketones (excluding diaryl/α,β-unsaturated/α-hetero) is 3. The topological polar surface area (TPSA) is 83.6 Å². The molecule has 3 aliphatic heterocycles. The maximum atomic E-state index is 15.6. The first-order valence-corrected chi connectivity index (χ1v) is 15.2. The monoisotopic (exact) mass is 576 g/mol. The zero-order valence-electron chi connectivity index (χ0n) is 24.1. The third-order valence-electron chi connectivity index (χ3n) is 10.8. The molecule has 0 radical (unpaired) electrons. The Morgan fingerprint density at radius 2 is 1.55 bits per heavy atom. The Kier molecular flexibility index (Phi) is 4.98. The lowest BCUT2D eigenvalue weighted by Gasteiger charge is -2.44. The molecule has 0 saturated carbocycles. The molecule has 214 valence electrons. The van der Waals surface area contributed by atoms with E-state index in [2.05, 4.69) is 10.2 Å². The minimum atomic E-state index is -1.54. The molecule has 5 aromatic carbocycles. The smallest absolute Gasteiger partial charge is 0.251 e. The predicted octanol–water partition coefficient (Wildman–Crippen LogP) is 6.45. The summed E-state index contributed by atoms with van der Waals surface area (Å²) in [5.41, 5.74) is 0.365. The van der Waals surface area contributed by atoms with Gasteiger partial charge < -0.3 is 5.32 Å². The highest BCUT2D eigenvalue weighted by atomic mass is 16.2. The van der Waals surface area contributed by atoms with Gasteiger partial charge in [0.25, 0.3) is 5.91 Å². The molecule has 4 atom stereocenters. The molecule has 3 heterocycles. The van der Waals surface area contributed by atoms with Gasteiger partial charge in [0.2, 0.25) is 0 Å². The summed E-state index contributed by atoms with van der Waals surface area (Å²) in [4.78, 5) is 61.2. The van der Waals surface area contributed by atoms with Crippen molar-refractivity contribution in [1.82, 2.24) is 4.90 Å². The molecule has 2 saturated heterocycles. The zero-order valence-corrected chi connectivity index (χ0v) is 24.1. The first-order chi connectivity index (χ1) is 21.4. The second kappa shape index (κ2) is 8.58. The molecule has 6 heteroatoms. The van der Waals surface area contributed by atoms with Crippen molar-refractivity contribution in [2.24, 2.45) is 5.92 Å². The standard InChI is InChI=1S/C38H28N2O4/c1-21(41)24-19-18-22-9-2-3-12-25(22)32(24)34(42)33-30-17-8-20-40(30)38(27-14-4-5-16-29(27)39-36(38)44)37(33)28-15-7-11-23-10-6-13-26(31(23)28)35(37)43/h2-7,9-16,18-19,30,33H,8,17,20H2,1H3,(H,39,44)/t30?,33-,37+,38+/m1/s1. The Morgan fingerprint density at radius 1 is 0.818 bits per heavy atom. The van der Waals surface area contributed by atoms with Gasteiger partial charge in [-0.05, 0) is 59.5 Å². The van der Waals surface area contributed by atoms with Crippen molar-refractivity contribution in [3.8, 4) is 0 Å². The van der Waals surface area contributed by atoms with Crippen molar-refractivity contribution < 1.29 is 19.2 Å². The van der Waals surface area contributed by atoms with E-state index in [0.29, 0.717) is 40.7 Å². The van der Waals surface area contributed by atoms with Crippen LogP contribution in [-0.2, 0) is 15.7 Å². The minimum Gasteiger partial charge on any atom is -0.324 e. The number of rotatable bonds is 3. The summed E-state index contributed by atoms with van der Waals surface area (Å²) in [6, 6.07) is 29.9. The lowest BCUT2D eigenvalue weighted by atomic mass is 9.55. The summed E-state index contributed by atoms with van der Waals surface area (Å²) in [6.07, 6.45) is 1.46. The largest absolute Gasteiger partial charge is 0.324 e. The molecular formula is C38H28N2O4. The summed E-state index contributed by atoms with van der Waals surface area (Å²) in [5, 5.41) is 6.37. The number of hydrogen-bond acceptors (Lipinski definition) is 5. The second-order valence-corrected chi connectivity index (χ2v) is 12.6. The maximum Gasteiger partial charge on any atom is 0.251 e. The lowest BCUT2D eigenvalue weighted by molar-refractivity contribution is -0.128. The van der Waals surface area contributed by atoms with Crippen LogP contribution in [0.3, 0.4) is 0 Å². The molecule has 2 fully saturated rings. The third-order valence-corrected chi connectivity index (χ3v) is 10.8. The second-order valence-electron chi connectivity index (χ2n) is 12.6. The van der Waals surface area contributed by atoms with Crippen molar-refractivity contribution >= 4 is 50.5 Å². The highest BCUT2D eigenvalue weighted by Crippen LogP contribution is 2.68. The summed E-state index contributed by atoms with van der Waals surface area (Å²) >= 11 is 0. The van der Waals surface area contributed by atoms with Gasteiger partial charge in [-0.1, -0.05) is 91.0 Å². The molecule has 44 heavy (non-hydrogen) atoms. The van der Waals surface area contributed by atoms with E-state index in [0.717, 1.165) is 33.7 Å². The van der Waals surface area contributed by atoms with Crippen molar-refractivity contribution in [2.45, 2.75) is 36.8 Å². The van der Waals surface area contributed by atoms with Crippen LogP contribution in [0.15, 0.2) is 97.1 Å². The van der Waals surface area contributed by atoms with Crippen LogP contribution in [0.25, 0.3) is 21.5 Å². The van der Waals surface area contributed by atoms with Crippen LogP contribution in [0.4, 0.5) is 5.69 Å². The van der Waals surface area contributed by atoms with Crippen LogP contribution in [-0.4, -0.2) is 40.7 Å². The minimum absolute atomic E-state index is 0.200. The number of carbonyl (C=O) groups excluding carboxylic acids is 4. The van der Waals surface area contributed by atoms with Crippen molar-refractivity contribution in [2.75, 3.05) is 11.9 Å². The Balaban J connectivity index is 1.44. The van der Waals surface area contributed by atoms with Gasteiger partial charge in [-0.3, -0.25) is 24.1 Å². The summed E-state index contributed by atoms with van der Waals surface area (Å²) in [5.74, 6) is -1.85. The normalized spacial score (nSPS) is 26.6. The van der Waals surface area contributed by atoms with Crippen LogP contribution < -0.4 is 5.32 Å². The number of anilines is 1. The molecule has 1 unspecified atom stereocenters. The van der Waals surface area contributed by atoms with E-state index in [-0.39, 0.29) is 29.3 Å². The molecular weight excluding hydrogens is 548 g/mol. The quantitative estimate of drug-likeness (QED) is 0.250. The van der Waals surface area contributed by atoms with Crippen LogP contribution in [0.1, 0.15) is 62.0 Å². The fourth-order valence-electron chi connectivity index (χ4n) is 9.43. The third kappa shape index (κ3) is 2.72. The lowest BCUT2D eigenvalue weighted by Crippen LogP contribution is -2.62. The van der Waals surface area contributed by atoms with Gasteiger partial charge >= 0.3 is 0 Å². The molecule has 6 nitrogen and oxygen atoms in total. The Morgan fingerprint density at radius 3 is 2.39 bits per heavy atom. The number of nitrogens with one attached hydrogen (secondary N) is 1. The van der Waals surface area contributed by atoms with Gasteiger partial charge in [0.05, 0.1) is 5.92 Å². The van der Waals surface area contributed by atoms with Gasteiger partial charge in [-0.2, -0.15) is 0 Å². The maximum absolute atomic E-state index is 15.6. The van der Waals surface area contributed by atoms with E-state index in [9.17, 15) is 9.59 Å². The molecule has 5 aromatic rings. The average Bonchev–Trinajstić information content (AvgIpc) is 3.76. The highest BCUT2D eigenvalue weighted by Gasteiger charge is 2.80. The van der Waals surface area contributed by atoms with E-state index in [1.54, 1.807) is 6.07 Å². The number of benzene rings is 5. The molecule has 0 aromatic heterocycles. The number of para-hydroxylation sites is 1. The Bertz CT molecular complexity index is 2160. The number of amides is 1. The highest BCUT2D eigenvalue weighted by molar-refractivity contribution is 6.29. The van der Waals surface area contributed by atoms with Gasteiger partial charge in [0.1, 0.15) is 11.0 Å². The number of fused-ring (bicyclic) bond motifs is 7. The summed E-state index contributed by atoms with van der Waals surface area (Å²) < 4.78 is 0. The van der Waals surface area contributed by atoms with Crippen LogP contribution in [0.2, 0.25) is 0 Å². The zero-order chi connectivity index (χ0) is 30.0. The summed E-state index contributed by atoms with van der Waals surface area (Å²) in [7, 11) is 0. The Hall–Kier alpha value is -4.94. The summed E-state index contributed by atoms with van der Waals surface area (Å²) in [6.45, 7) is 2.05. The molecule has 9 rings (SSSR count). The fourth-order valence-corrected chi connectivity index (χ4v) is 9.43. The SMILES string of the molecule is CC(=O)c1ccc2ccccc2c1C(=O)[C@H]1C2CCCN2[C@@]2(C(=O)Nc3ccccc32)[C@]12C(=O)c1cccc3cccc2c13.